The quantitative estimate of drug-likeness (QED) is 0.0836. The zero-order valence-electron chi connectivity index (χ0n) is 37.4. The van der Waals surface area contributed by atoms with Gasteiger partial charge in [-0.3, -0.25) is 9.59 Å². The molecule has 3 aromatic heterocycles. The first kappa shape index (κ1) is 51.5. The molecule has 0 aliphatic carbocycles. The molecule has 8 bridgehead atoms. The number of allylic oxidation sites excluding steroid dienone is 4. The molecule has 7 aromatic rings. The molecule has 2 N–H and O–H groups in total. The van der Waals surface area contributed by atoms with Crippen LogP contribution in [0, 0.1) is 11.8 Å². The van der Waals surface area contributed by atoms with Crippen molar-refractivity contribution in [3.05, 3.63) is 121 Å². The molecule has 19 heteroatoms. The van der Waals surface area contributed by atoms with Crippen molar-refractivity contribution in [3.8, 4) is 45.6 Å². The minimum atomic E-state index is -4.83. The molecule has 0 spiro atoms. The summed E-state index contributed by atoms with van der Waals surface area (Å²) in [6.45, 7) is 6.85. The fourth-order valence-corrected chi connectivity index (χ4v) is 7.51. The van der Waals surface area contributed by atoms with Gasteiger partial charge in [-0.1, -0.05) is 125 Å². The van der Waals surface area contributed by atoms with Crippen molar-refractivity contribution in [2.75, 3.05) is 0 Å². The van der Waals surface area contributed by atoms with Crippen LogP contribution in [0.25, 0.3) is 89.7 Å². The summed E-state index contributed by atoms with van der Waals surface area (Å²) in [7, 11) is 0. The SMILES string of the molecule is CCC(CC)C(=O)/C=C(\O)C(F)(F)F.CCC(CC)C(=O)/C=C(\O)C(F)(F)F.[Zr+2].c1ccc2c(c1)-c1nc-2nc2[n-]c(nc3nc(nc4[n-]c(n1)c1ccccc41)-c1ccccc1-3)c1ccccc21. The Labute approximate surface area is 409 Å². The molecule has 5 heterocycles. The van der Waals surface area contributed by atoms with E-state index < -0.39 is 47.3 Å². The topological polar surface area (TPSA) is 180 Å². The number of carbonyl (C=O) groups is 2. The van der Waals surface area contributed by atoms with Gasteiger partial charge in [-0.05, 0) is 47.2 Å². The van der Waals surface area contributed by atoms with Gasteiger partial charge in [0.25, 0.3) is 0 Å². The van der Waals surface area contributed by atoms with Crippen molar-refractivity contribution in [3.63, 3.8) is 0 Å². The fourth-order valence-electron chi connectivity index (χ4n) is 7.51. The second kappa shape index (κ2) is 21.6. The number of hydrogen-bond acceptors (Lipinski definition) is 10. The molecule has 2 aliphatic heterocycles. The summed E-state index contributed by atoms with van der Waals surface area (Å²) in [5.74, 6) is -3.68. The summed E-state index contributed by atoms with van der Waals surface area (Å²) in [4.78, 5) is 61.5. The second-order valence-corrected chi connectivity index (χ2v) is 15.6. The van der Waals surface area contributed by atoms with E-state index in [0.717, 1.165) is 43.8 Å². The van der Waals surface area contributed by atoms with E-state index >= 15 is 0 Å². The van der Waals surface area contributed by atoms with Crippen LogP contribution in [0.1, 0.15) is 53.4 Å². The predicted octanol–water partition coefficient (Wildman–Crippen LogP) is 12.1. The van der Waals surface area contributed by atoms with Crippen molar-refractivity contribution < 1.29 is 72.3 Å². The van der Waals surface area contributed by atoms with Crippen LogP contribution in [0.3, 0.4) is 0 Å². The van der Waals surface area contributed by atoms with E-state index in [1.165, 1.54) is 0 Å². The van der Waals surface area contributed by atoms with Gasteiger partial charge in [0.1, 0.15) is 0 Å². The number of aromatic nitrogens is 8. The van der Waals surface area contributed by atoms with Crippen LogP contribution in [-0.2, 0) is 35.8 Å². The van der Waals surface area contributed by atoms with E-state index in [1.807, 2.05) is 97.1 Å². The number of aliphatic hydroxyl groups excluding tert-OH is 2. The molecule has 352 valence electrons. The van der Waals surface area contributed by atoms with E-state index in [-0.39, 0.29) is 38.4 Å². The molecule has 0 radical (unpaired) electrons. The standard InChI is InChI=1S/C32H16N8.2C9H13F3O2.Zr/c1-2-10-18-17(9-1)25-33-26(18)38-28-21-13-5-6-14-22(21)30(35-28)40-32-24-16-8-7-15-23(24)31(36-32)39-29-20-12-4-3-11-19(20)27(34-29)37-25;2*1-3-6(4-2)7(13)5-8(14)9(10,11)12;/h1-16H;2*5-6,14H,3-4H2,1-2H3;/q-2;;;+2/b;2*8-5-;. The molecule has 2 aliphatic rings. The first-order valence-corrected chi connectivity index (χ1v) is 21.6. The largest absolute Gasteiger partial charge is 2.00 e. The van der Waals surface area contributed by atoms with Crippen molar-refractivity contribution in [2.24, 2.45) is 11.8 Å². The number of carbonyl (C=O) groups excluding carboxylic acids is 2. The Hall–Kier alpha value is -6.88. The third-order valence-electron chi connectivity index (χ3n) is 11.2. The Balaban J connectivity index is 0.000000225. The van der Waals surface area contributed by atoms with E-state index in [2.05, 4.69) is 0 Å². The van der Waals surface area contributed by atoms with E-state index in [9.17, 15) is 35.9 Å². The van der Waals surface area contributed by atoms with Crippen LogP contribution in [0.4, 0.5) is 26.3 Å². The fraction of sp³-hybridized carbons (Fsp3) is 0.240. The molecule has 0 unspecified atom stereocenters. The number of fused-ring (bicyclic) bond motifs is 20. The van der Waals surface area contributed by atoms with Crippen LogP contribution >= 0.6 is 0 Å². The van der Waals surface area contributed by atoms with Gasteiger partial charge in [0.15, 0.2) is 11.6 Å². The zero-order valence-corrected chi connectivity index (χ0v) is 39.9. The number of benzene rings is 4. The number of ketones is 2. The molecule has 0 amide bonds. The van der Waals surface area contributed by atoms with Gasteiger partial charge in [-0.15, -0.1) is 0 Å². The zero-order chi connectivity index (χ0) is 48.9. The summed E-state index contributed by atoms with van der Waals surface area (Å²) in [6, 6.07) is 31.8. The summed E-state index contributed by atoms with van der Waals surface area (Å²) in [5, 5.41) is 20.6. The van der Waals surface area contributed by atoms with Gasteiger partial charge < -0.3 is 40.1 Å². The average Bonchev–Trinajstić information content (AvgIpc) is 4.05. The molecular formula is C50H42F6N8O4Zr. The first-order valence-electron chi connectivity index (χ1n) is 21.6. The maximum Gasteiger partial charge on any atom is 2.00 e. The first-order chi connectivity index (χ1) is 32.4. The Morgan fingerprint density at radius 1 is 0.464 bits per heavy atom. The normalized spacial score (nSPS) is 12.4. The van der Waals surface area contributed by atoms with E-state index in [0.29, 0.717) is 71.6 Å². The van der Waals surface area contributed by atoms with Crippen LogP contribution in [0.5, 0.6) is 0 Å². The van der Waals surface area contributed by atoms with Crippen molar-refractivity contribution in [1.82, 2.24) is 39.9 Å². The van der Waals surface area contributed by atoms with Gasteiger partial charge in [0.05, 0.1) is 23.3 Å². The molecule has 0 atom stereocenters. The van der Waals surface area contributed by atoms with Crippen LogP contribution < -0.4 is 9.97 Å². The number of halogens is 6. The second-order valence-electron chi connectivity index (χ2n) is 15.6. The monoisotopic (exact) mass is 1020 g/mol. The average molecular weight is 1020 g/mol. The molecule has 0 fully saturated rings. The summed E-state index contributed by atoms with van der Waals surface area (Å²) in [5.41, 5.74) is 5.78. The maximum absolute atomic E-state index is 11.8. The molecule has 0 saturated carbocycles. The molecule has 12 nitrogen and oxygen atoms in total. The predicted molar refractivity (Wildman–Crippen MR) is 246 cm³/mol. The van der Waals surface area contributed by atoms with Gasteiger partial charge in [-0.25, -0.2) is 9.97 Å². The van der Waals surface area contributed by atoms with E-state index in [1.54, 1.807) is 27.7 Å². The molecule has 9 rings (SSSR count). The van der Waals surface area contributed by atoms with Gasteiger partial charge in [-0.2, -0.15) is 26.3 Å². The number of rotatable bonds is 8. The number of aliphatic hydroxyl groups is 2. The third kappa shape index (κ3) is 11.4. The van der Waals surface area contributed by atoms with Crippen molar-refractivity contribution in [2.45, 2.75) is 65.7 Å². The van der Waals surface area contributed by atoms with Gasteiger partial charge >= 0.3 is 38.6 Å². The summed E-state index contributed by atoms with van der Waals surface area (Å²) in [6.07, 6.45) is -7.26. The summed E-state index contributed by atoms with van der Waals surface area (Å²) < 4.78 is 70.9. The van der Waals surface area contributed by atoms with Crippen LogP contribution in [0.15, 0.2) is 121 Å². The Kier molecular flexibility index (Phi) is 16.1. The third-order valence-corrected chi connectivity index (χ3v) is 11.2. The Bertz CT molecular complexity index is 2890. The van der Waals surface area contributed by atoms with Crippen LogP contribution in [0.2, 0.25) is 0 Å². The van der Waals surface area contributed by atoms with Gasteiger partial charge in [0.2, 0.25) is 11.5 Å². The van der Waals surface area contributed by atoms with E-state index in [4.69, 9.17) is 50.1 Å². The smallest absolute Gasteiger partial charge is 0.504 e. The number of nitrogens with zero attached hydrogens (tertiary/aromatic N) is 8. The van der Waals surface area contributed by atoms with Crippen molar-refractivity contribution >= 4 is 55.7 Å². The minimum Gasteiger partial charge on any atom is -0.504 e. The van der Waals surface area contributed by atoms with Gasteiger partial charge in [0, 0.05) is 68.8 Å². The molecule has 69 heavy (non-hydrogen) atoms. The van der Waals surface area contributed by atoms with Crippen LogP contribution in [-0.4, -0.2) is 64.0 Å². The number of alkyl halides is 6. The molecule has 0 saturated heterocycles. The van der Waals surface area contributed by atoms with Crippen molar-refractivity contribution in [1.29, 1.82) is 0 Å². The molecule has 4 aromatic carbocycles. The number of hydrogen-bond donors (Lipinski definition) is 2. The molecular weight excluding hydrogens is 982 g/mol. The summed E-state index contributed by atoms with van der Waals surface area (Å²) >= 11 is 0. The Morgan fingerprint density at radius 3 is 0.913 bits per heavy atom. The Morgan fingerprint density at radius 2 is 0.696 bits per heavy atom. The maximum atomic E-state index is 11.8. The minimum absolute atomic E-state index is 0.